The van der Waals surface area contributed by atoms with Crippen molar-refractivity contribution in [3.63, 3.8) is 0 Å². The lowest BCUT2D eigenvalue weighted by molar-refractivity contribution is 0.574. The highest BCUT2D eigenvalue weighted by Gasteiger charge is 2.17. The van der Waals surface area contributed by atoms with E-state index in [9.17, 15) is 8.78 Å². The molecule has 0 spiro atoms. The smallest absolute Gasteiger partial charge is 0.130 e. The molecule has 0 fully saturated rings. The second kappa shape index (κ2) is 5.49. The third-order valence-corrected chi connectivity index (χ3v) is 4.37. The Labute approximate surface area is 121 Å². The van der Waals surface area contributed by atoms with Gasteiger partial charge in [-0.3, -0.25) is 0 Å². The van der Waals surface area contributed by atoms with Gasteiger partial charge in [0.15, 0.2) is 0 Å². The first-order chi connectivity index (χ1) is 8.49. The van der Waals surface area contributed by atoms with Crippen molar-refractivity contribution >= 4 is 31.9 Å². The Hall–Kier alpha value is -0.740. The van der Waals surface area contributed by atoms with Crippen molar-refractivity contribution in [1.82, 2.24) is 0 Å². The molecule has 94 valence electrons. The predicted molar refractivity (Wildman–Crippen MR) is 76.0 cm³/mol. The van der Waals surface area contributed by atoms with E-state index in [1.807, 2.05) is 25.1 Å². The summed E-state index contributed by atoms with van der Waals surface area (Å²) in [5.41, 5.74) is 2.42. The lowest BCUT2D eigenvalue weighted by atomic mass is 10.0. The van der Waals surface area contributed by atoms with Crippen LogP contribution >= 0.6 is 31.9 Å². The minimum atomic E-state index is -0.570. The molecular formula is C14H10Br2F2. The maximum Gasteiger partial charge on any atom is 0.130 e. The summed E-state index contributed by atoms with van der Waals surface area (Å²) in [6.07, 6.45) is 0. The zero-order chi connectivity index (χ0) is 13.3. The van der Waals surface area contributed by atoms with Crippen LogP contribution in [0, 0.1) is 18.6 Å². The summed E-state index contributed by atoms with van der Waals surface area (Å²) in [4.78, 5) is -0.313. The van der Waals surface area contributed by atoms with E-state index in [-0.39, 0.29) is 4.83 Å². The average Bonchev–Trinajstić information content (AvgIpc) is 2.31. The van der Waals surface area contributed by atoms with Gasteiger partial charge in [-0.15, -0.1) is 0 Å². The molecule has 0 amide bonds. The second-order valence-corrected chi connectivity index (χ2v) is 5.82. The molecule has 1 atom stereocenters. The van der Waals surface area contributed by atoms with Gasteiger partial charge in [0.2, 0.25) is 0 Å². The van der Waals surface area contributed by atoms with E-state index in [1.54, 1.807) is 0 Å². The molecule has 0 aromatic heterocycles. The zero-order valence-electron chi connectivity index (χ0n) is 9.55. The molecular weight excluding hydrogens is 366 g/mol. The fourth-order valence-corrected chi connectivity index (χ4v) is 3.26. The van der Waals surface area contributed by atoms with E-state index < -0.39 is 11.6 Å². The minimum absolute atomic E-state index is 0.313. The van der Waals surface area contributed by atoms with Gasteiger partial charge in [0.1, 0.15) is 11.6 Å². The van der Waals surface area contributed by atoms with Crippen LogP contribution in [-0.2, 0) is 0 Å². The van der Waals surface area contributed by atoms with Gasteiger partial charge in [0.05, 0.1) is 4.83 Å². The Balaban J connectivity index is 2.47. The third-order valence-electron chi connectivity index (χ3n) is 2.66. The van der Waals surface area contributed by atoms with E-state index in [2.05, 4.69) is 31.9 Å². The first-order valence-electron chi connectivity index (χ1n) is 5.34. The minimum Gasteiger partial charge on any atom is -0.207 e. The fourth-order valence-electron chi connectivity index (χ4n) is 1.73. The highest BCUT2D eigenvalue weighted by Crippen LogP contribution is 2.37. The Bertz CT molecular complexity index is 582. The molecule has 0 saturated heterocycles. The van der Waals surface area contributed by atoms with E-state index in [4.69, 9.17) is 0 Å². The Kier molecular flexibility index (Phi) is 4.17. The maximum absolute atomic E-state index is 13.7. The van der Waals surface area contributed by atoms with Crippen molar-refractivity contribution in [2.45, 2.75) is 11.8 Å². The van der Waals surface area contributed by atoms with Crippen LogP contribution in [0.1, 0.15) is 21.5 Å². The third kappa shape index (κ3) is 2.81. The molecule has 0 radical (unpaired) electrons. The molecule has 0 nitrogen and oxygen atoms in total. The average molecular weight is 376 g/mol. The first-order valence-corrected chi connectivity index (χ1v) is 7.05. The van der Waals surface area contributed by atoms with Gasteiger partial charge in [-0.2, -0.15) is 0 Å². The van der Waals surface area contributed by atoms with E-state index in [0.717, 1.165) is 21.7 Å². The summed E-state index contributed by atoms with van der Waals surface area (Å²) >= 11 is 6.90. The van der Waals surface area contributed by atoms with Crippen LogP contribution < -0.4 is 0 Å². The Morgan fingerprint density at radius 3 is 2.39 bits per heavy atom. The molecule has 4 heteroatoms. The lowest BCUT2D eigenvalue weighted by Crippen LogP contribution is -1.98. The van der Waals surface area contributed by atoms with Gasteiger partial charge >= 0.3 is 0 Å². The standard InChI is InChI=1S/C14H10Br2F2/c1-8-2-5-12(15)11(6-8)14(16)10-4-3-9(17)7-13(10)18/h2-7,14H,1H3. The summed E-state index contributed by atoms with van der Waals surface area (Å²) < 4.78 is 27.5. The van der Waals surface area contributed by atoms with Gasteiger partial charge in [0.25, 0.3) is 0 Å². The van der Waals surface area contributed by atoms with Crippen molar-refractivity contribution in [3.8, 4) is 0 Å². The van der Waals surface area contributed by atoms with Gasteiger partial charge in [-0.1, -0.05) is 55.6 Å². The van der Waals surface area contributed by atoms with E-state index >= 15 is 0 Å². The van der Waals surface area contributed by atoms with E-state index in [0.29, 0.717) is 5.56 Å². The fraction of sp³-hybridized carbons (Fsp3) is 0.143. The zero-order valence-corrected chi connectivity index (χ0v) is 12.7. The highest BCUT2D eigenvalue weighted by atomic mass is 79.9. The van der Waals surface area contributed by atoms with Crippen molar-refractivity contribution in [2.24, 2.45) is 0 Å². The molecule has 0 aliphatic heterocycles. The van der Waals surface area contributed by atoms with E-state index in [1.165, 1.54) is 12.1 Å². The number of aryl methyl sites for hydroxylation is 1. The summed E-state index contributed by atoms with van der Waals surface area (Å²) in [5.74, 6) is -1.12. The van der Waals surface area contributed by atoms with Crippen molar-refractivity contribution < 1.29 is 8.78 Å². The number of halogens is 4. The monoisotopic (exact) mass is 374 g/mol. The topological polar surface area (TPSA) is 0 Å². The lowest BCUT2D eigenvalue weighted by Gasteiger charge is -2.14. The highest BCUT2D eigenvalue weighted by molar-refractivity contribution is 9.11. The molecule has 0 N–H and O–H groups in total. The molecule has 0 heterocycles. The van der Waals surface area contributed by atoms with Crippen LogP contribution in [-0.4, -0.2) is 0 Å². The molecule has 0 aliphatic carbocycles. The second-order valence-electron chi connectivity index (χ2n) is 4.05. The molecule has 1 unspecified atom stereocenters. The van der Waals surface area contributed by atoms with Crippen LogP contribution in [0.2, 0.25) is 0 Å². The van der Waals surface area contributed by atoms with Crippen molar-refractivity contribution in [1.29, 1.82) is 0 Å². The summed E-state index contributed by atoms with van der Waals surface area (Å²) in [7, 11) is 0. The van der Waals surface area contributed by atoms with Gasteiger partial charge in [0, 0.05) is 16.1 Å². The summed E-state index contributed by atoms with van der Waals surface area (Å²) in [6.45, 7) is 1.97. The summed E-state index contributed by atoms with van der Waals surface area (Å²) in [6, 6.07) is 9.46. The number of rotatable bonds is 2. The molecule has 0 saturated carbocycles. The molecule has 18 heavy (non-hydrogen) atoms. The number of alkyl halides is 1. The molecule has 2 rings (SSSR count). The normalized spacial score (nSPS) is 12.5. The number of benzene rings is 2. The van der Waals surface area contributed by atoms with Crippen LogP contribution in [0.25, 0.3) is 0 Å². The van der Waals surface area contributed by atoms with Gasteiger partial charge < -0.3 is 0 Å². The van der Waals surface area contributed by atoms with Crippen molar-refractivity contribution in [3.05, 3.63) is 69.2 Å². The molecule has 0 aliphatic rings. The van der Waals surface area contributed by atoms with Crippen LogP contribution in [0.4, 0.5) is 8.78 Å². The van der Waals surface area contributed by atoms with Crippen LogP contribution in [0.3, 0.4) is 0 Å². The molecule has 0 bridgehead atoms. The predicted octanol–water partition coefficient (Wildman–Crippen LogP) is 5.52. The SMILES string of the molecule is Cc1ccc(Br)c(C(Br)c2ccc(F)cc2F)c1. The van der Waals surface area contributed by atoms with Gasteiger partial charge in [-0.25, -0.2) is 8.78 Å². The summed E-state index contributed by atoms with van der Waals surface area (Å²) in [5, 5.41) is 0. The molecule has 2 aromatic rings. The maximum atomic E-state index is 13.7. The Morgan fingerprint density at radius 1 is 1.00 bits per heavy atom. The Morgan fingerprint density at radius 2 is 1.72 bits per heavy atom. The number of hydrogen-bond donors (Lipinski definition) is 0. The van der Waals surface area contributed by atoms with Crippen LogP contribution in [0.15, 0.2) is 40.9 Å². The van der Waals surface area contributed by atoms with Gasteiger partial charge in [-0.05, 0) is 24.6 Å². The number of hydrogen-bond acceptors (Lipinski definition) is 0. The quantitative estimate of drug-likeness (QED) is 0.606. The first kappa shape index (κ1) is 13.7. The van der Waals surface area contributed by atoms with Crippen molar-refractivity contribution in [2.75, 3.05) is 0 Å². The largest absolute Gasteiger partial charge is 0.207 e. The molecule has 2 aromatic carbocycles. The van der Waals surface area contributed by atoms with Crippen LogP contribution in [0.5, 0.6) is 0 Å².